The van der Waals surface area contributed by atoms with Crippen LogP contribution in [0.5, 0.6) is 0 Å². The molecule has 0 radical (unpaired) electrons. The second-order valence-corrected chi connectivity index (χ2v) is 12.1. The number of thiazole rings is 1. The molecule has 1 aliphatic rings. The highest BCUT2D eigenvalue weighted by Gasteiger charge is 2.42. The average Bonchev–Trinajstić information content (AvgIpc) is 3.23. The summed E-state index contributed by atoms with van der Waals surface area (Å²) in [6.45, 7) is 8.15. The number of aryl methyl sites for hydroxylation is 1. The van der Waals surface area contributed by atoms with Gasteiger partial charge in [-0.05, 0) is 37.3 Å². The number of rotatable bonds is 1. The number of carbonyl (C=O) groups excluding carboxylic acids is 2. The molecule has 204 valence electrons. The molecule has 4 N–H and O–H groups in total. The second-order valence-electron chi connectivity index (χ2n) is 10.5. The molecule has 0 spiro atoms. The lowest BCUT2D eigenvalue weighted by atomic mass is 9.73. The Morgan fingerprint density at radius 2 is 1.83 bits per heavy atom. The van der Waals surface area contributed by atoms with Crippen molar-refractivity contribution in [1.82, 2.24) is 4.98 Å². The van der Waals surface area contributed by atoms with Crippen molar-refractivity contribution >= 4 is 40.8 Å². The number of esters is 1. The number of Topliss-reactive ketones (excluding diaryl/α,β-unsaturated/α-hetero) is 1. The Balaban J connectivity index is 2.31. The van der Waals surface area contributed by atoms with Gasteiger partial charge in [0, 0.05) is 17.7 Å². The van der Waals surface area contributed by atoms with Gasteiger partial charge in [0.05, 0.1) is 52.3 Å². The molecule has 1 aliphatic heterocycles. The van der Waals surface area contributed by atoms with Crippen LogP contribution in [0.4, 0.5) is 0 Å². The molecular formula is C26H40ClNO7S. The third-order valence-electron chi connectivity index (χ3n) is 7.16. The lowest BCUT2D eigenvalue weighted by molar-refractivity contribution is -0.151. The van der Waals surface area contributed by atoms with Crippen molar-refractivity contribution in [2.75, 3.05) is 6.61 Å². The minimum atomic E-state index is -1.32. The number of aliphatic hydroxyl groups is 4. The molecule has 10 heteroatoms. The van der Waals surface area contributed by atoms with Crippen LogP contribution in [0, 0.1) is 24.2 Å². The lowest BCUT2D eigenvalue weighted by Gasteiger charge is -2.34. The largest absolute Gasteiger partial charge is 0.461 e. The van der Waals surface area contributed by atoms with E-state index in [9.17, 15) is 30.0 Å². The smallest absolute Gasteiger partial charge is 0.308 e. The maximum atomic E-state index is 13.2. The zero-order valence-corrected chi connectivity index (χ0v) is 23.3. The van der Waals surface area contributed by atoms with E-state index in [1.165, 1.54) is 11.3 Å². The summed E-state index contributed by atoms with van der Waals surface area (Å²) < 4.78 is 5.35. The fraction of sp³-hybridized carbons (Fsp3) is 0.731. The molecule has 1 fully saturated rings. The van der Waals surface area contributed by atoms with Crippen LogP contribution in [0.1, 0.15) is 70.5 Å². The van der Waals surface area contributed by atoms with E-state index in [-0.39, 0.29) is 24.7 Å². The summed E-state index contributed by atoms with van der Waals surface area (Å²) in [6, 6.07) is 0. The number of halogens is 1. The van der Waals surface area contributed by atoms with Gasteiger partial charge < -0.3 is 25.2 Å². The summed E-state index contributed by atoms with van der Waals surface area (Å²) in [7, 11) is 0. The van der Waals surface area contributed by atoms with Crippen LogP contribution in [0.2, 0.25) is 0 Å². The van der Waals surface area contributed by atoms with Crippen molar-refractivity contribution in [1.29, 1.82) is 0 Å². The van der Waals surface area contributed by atoms with Gasteiger partial charge in [0.2, 0.25) is 0 Å². The standard InChI is InChI=1S/C26H40ClNO7S/c1-14-7-6-8-19(27)21(30)10-20(29)17(9-18-13-36-16(3)28-18)12-35-23(32)11-22(31)26(4,5)25(34)15(2)24(14)33/h9,13-15,19-22,24,29-31,33H,6-8,10-12H2,1-5H3/b17-9+/t14-,15+,19-,20+,21-,22-,24-/m0/s1. The third-order valence-corrected chi connectivity index (χ3v) is 8.46. The summed E-state index contributed by atoms with van der Waals surface area (Å²) in [5.74, 6) is -2.05. The number of nitrogens with zero attached hydrogens (tertiary/aromatic N) is 1. The van der Waals surface area contributed by atoms with Crippen molar-refractivity contribution < 1.29 is 34.8 Å². The first-order valence-corrected chi connectivity index (χ1v) is 13.7. The zero-order valence-electron chi connectivity index (χ0n) is 21.7. The van der Waals surface area contributed by atoms with E-state index >= 15 is 0 Å². The summed E-state index contributed by atoms with van der Waals surface area (Å²) >= 11 is 7.84. The van der Waals surface area contributed by atoms with Crippen molar-refractivity contribution in [2.24, 2.45) is 17.3 Å². The van der Waals surface area contributed by atoms with Crippen LogP contribution >= 0.6 is 22.9 Å². The molecule has 0 aliphatic carbocycles. The molecule has 0 unspecified atom stereocenters. The first kappa shape index (κ1) is 30.9. The molecule has 7 atom stereocenters. The molecule has 8 nitrogen and oxygen atoms in total. The summed E-state index contributed by atoms with van der Waals surface area (Å²) in [5, 5.41) is 45.0. The SMILES string of the molecule is Cc1nc(/C=C2\COC(=O)C[C@H](O)C(C)(C)C(=O)[C@H](C)[C@@H](O)[C@@H](C)CCC[C@H](Cl)[C@@H](O)C[C@H]2O)cs1. The van der Waals surface area contributed by atoms with E-state index in [0.29, 0.717) is 30.5 Å². The van der Waals surface area contributed by atoms with E-state index in [1.54, 1.807) is 32.2 Å². The Bertz CT molecular complexity index is 918. The number of alkyl halides is 1. The molecular weight excluding hydrogens is 506 g/mol. The quantitative estimate of drug-likeness (QED) is 0.312. The molecule has 2 heterocycles. The second kappa shape index (κ2) is 13.4. The topological polar surface area (TPSA) is 137 Å². The Morgan fingerprint density at radius 3 is 2.44 bits per heavy atom. The molecule has 0 aromatic carbocycles. The van der Waals surface area contributed by atoms with E-state index in [2.05, 4.69) is 4.98 Å². The Hall–Kier alpha value is -1.36. The van der Waals surface area contributed by atoms with Crippen LogP contribution in [0.15, 0.2) is 11.0 Å². The van der Waals surface area contributed by atoms with Gasteiger partial charge >= 0.3 is 5.97 Å². The van der Waals surface area contributed by atoms with E-state index < -0.39 is 53.5 Å². The first-order chi connectivity index (χ1) is 16.7. The lowest BCUT2D eigenvalue weighted by Crippen LogP contribution is -2.45. The van der Waals surface area contributed by atoms with Crippen molar-refractivity contribution in [3.05, 3.63) is 21.7 Å². The number of cyclic esters (lactones) is 1. The maximum Gasteiger partial charge on any atom is 0.308 e. The van der Waals surface area contributed by atoms with Gasteiger partial charge in [0.1, 0.15) is 12.4 Å². The molecule has 2 rings (SSSR count). The van der Waals surface area contributed by atoms with Crippen LogP contribution < -0.4 is 0 Å². The summed E-state index contributed by atoms with van der Waals surface area (Å²) in [5.41, 5.74) is -0.352. The van der Waals surface area contributed by atoms with Gasteiger partial charge in [-0.3, -0.25) is 9.59 Å². The third kappa shape index (κ3) is 8.33. The molecule has 1 aromatic heterocycles. The van der Waals surface area contributed by atoms with Gasteiger partial charge in [-0.15, -0.1) is 22.9 Å². The number of hydrogen-bond donors (Lipinski definition) is 4. The van der Waals surface area contributed by atoms with E-state index in [1.807, 2.05) is 13.8 Å². The molecule has 0 amide bonds. The van der Waals surface area contributed by atoms with Gasteiger partial charge in [-0.1, -0.05) is 34.1 Å². The Kier molecular flexibility index (Phi) is 11.5. The maximum absolute atomic E-state index is 13.2. The molecule has 0 saturated carbocycles. The summed E-state index contributed by atoms with van der Waals surface area (Å²) in [6.07, 6.45) is -1.62. The normalized spacial score (nSPS) is 35.2. The number of aliphatic hydroxyl groups excluding tert-OH is 4. The van der Waals surface area contributed by atoms with E-state index in [0.717, 1.165) is 5.01 Å². The highest BCUT2D eigenvalue weighted by atomic mass is 35.5. The molecule has 1 saturated heterocycles. The van der Waals surface area contributed by atoms with Crippen LogP contribution in [0.3, 0.4) is 0 Å². The van der Waals surface area contributed by atoms with Crippen molar-refractivity contribution in [3.63, 3.8) is 0 Å². The molecule has 0 bridgehead atoms. The number of ether oxygens (including phenoxy) is 1. The summed E-state index contributed by atoms with van der Waals surface area (Å²) in [4.78, 5) is 30.1. The number of hydrogen-bond acceptors (Lipinski definition) is 9. The van der Waals surface area contributed by atoms with Crippen LogP contribution in [-0.4, -0.2) is 73.6 Å². The van der Waals surface area contributed by atoms with Gasteiger partial charge in [-0.2, -0.15) is 0 Å². The van der Waals surface area contributed by atoms with Gasteiger partial charge in [-0.25, -0.2) is 4.98 Å². The minimum Gasteiger partial charge on any atom is -0.461 e. The zero-order chi connectivity index (χ0) is 27.2. The van der Waals surface area contributed by atoms with E-state index in [4.69, 9.17) is 16.3 Å². The molecule has 36 heavy (non-hydrogen) atoms. The Morgan fingerprint density at radius 1 is 1.17 bits per heavy atom. The van der Waals surface area contributed by atoms with Crippen molar-refractivity contribution in [2.45, 2.75) is 96.5 Å². The van der Waals surface area contributed by atoms with Crippen molar-refractivity contribution in [3.8, 4) is 0 Å². The van der Waals surface area contributed by atoms with Crippen LogP contribution in [-0.2, 0) is 14.3 Å². The minimum absolute atomic E-state index is 0.0555. The first-order valence-electron chi connectivity index (χ1n) is 12.4. The average molecular weight is 546 g/mol. The number of ketones is 1. The highest BCUT2D eigenvalue weighted by molar-refractivity contribution is 7.09. The predicted molar refractivity (Wildman–Crippen MR) is 140 cm³/mol. The fourth-order valence-corrected chi connectivity index (χ4v) is 5.26. The Labute approximate surface area is 222 Å². The monoisotopic (exact) mass is 545 g/mol. The van der Waals surface area contributed by atoms with Gasteiger partial charge in [0.25, 0.3) is 0 Å². The molecule has 1 aromatic rings. The van der Waals surface area contributed by atoms with Gasteiger partial charge in [0.15, 0.2) is 0 Å². The highest BCUT2D eigenvalue weighted by Crippen LogP contribution is 2.32. The predicted octanol–water partition coefficient (Wildman–Crippen LogP) is 3.26. The fourth-order valence-electron chi connectivity index (χ4n) is 4.43. The number of aromatic nitrogens is 1. The number of carbonyl (C=O) groups is 2. The van der Waals surface area contributed by atoms with Crippen LogP contribution in [0.25, 0.3) is 6.08 Å².